The lowest BCUT2D eigenvalue weighted by Gasteiger charge is -2.50. The summed E-state index contributed by atoms with van der Waals surface area (Å²) in [5, 5.41) is 29.3. The van der Waals surface area contributed by atoms with Crippen LogP contribution in [-0.2, 0) is 19.2 Å². The number of amides is 2. The number of allylic oxidation sites excluding steroid dienone is 1. The Hall–Kier alpha value is -3.11. The van der Waals surface area contributed by atoms with Crippen molar-refractivity contribution in [3.63, 3.8) is 0 Å². The third kappa shape index (κ3) is 4.67. The van der Waals surface area contributed by atoms with Gasteiger partial charge in [-0.3, -0.25) is 14.5 Å². The summed E-state index contributed by atoms with van der Waals surface area (Å²) < 4.78 is 0. The summed E-state index contributed by atoms with van der Waals surface area (Å²) in [5.41, 5.74) is 5.67. The van der Waals surface area contributed by atoms with Gasteiger partial charge in [0.25, 0.3) is 11.8 Å². The molecule has 2 aromatic rings. The molecule has 33 heavy (non-hydrogen) atoms. The quantitative estimate of drug-likeness (QED) is 0.121. The van der Waals surface area contributed by atoms with Gasteiger partial charge in [0.15, 0.2) is 10.8 Å². The lowest BCUT2D eigenvalue weighted by molar-refractivity contribution is -0.155. The number of carboxylic acid groups (broad SMARTS) is 1. The van der Waals surface area contributed by atoms with E-state index in [1.54, 1.807) is 11.6 Å². The first kappa shape index (κ1) is 23.1. The first-order valence-corrected chi connectivity index (χ1v) is 12.3. The zero-order chi connectivity index (χ0) is 23.5. The number of nitrogens with zero attached hydrogens (tertiary/aromatic N) is 5. The topological polar surface area (TPSA) is 189 Å². The van der Waals surface area contributed by atoms with Crippen LogP contribution in [0.5, 0.6) is 0 Å². The van der Waals surface area contributed by atoms with Gasteiger partial charge in [0, 0.05) is 10.3 Å². The van der Waals surface area contributed by atoms with E-state index in [0.717, 1.165) is 11.3 Å². The average molecular weight is 511 g/mol. The van der Waals surface area contributed by atoms with E-state index in [1.165, 1.54) is 35.5 Å². The number of hydrogen-bond donors (Lipinski definition) is 4. The second-order valence-electron chi connectivity index (χ2n) is 6.75. The van der Waals surface area contributed by atoms with Crippen LogP contribution < -0.4 is 11.1 Å². The van der Waals surface area contributed by atoms with Gasteiger partial charge in [-0.25, -0.2) is 9.78 Å². The van der Waals surface area contributed by atoms with Gasteiger partial charge < -0.3 is 21.0 Å². The lowest BCUT2D eigenvalue weighted by atomic mass is 9.86. The first-order valence-electron chi connectivity index (χ1n) is 9.45. The summed E-state index contributed by atoms with van der Waals surface area (Å²) in [6.07, 6.45) is 2.54. The number of aromatic nitrogens is 4. The van der Waals surface area contributed by atoms with E-state index in [0.29, 0.717) is 27.9 Å². The summed E-state index contributed by atoms with van der Waals surface area (Å²) in [5.74, 6) is -2.35. The molecule has 0 spiro atoms. The molecule has 0 saturated carbocycles. The van der Waals surface area contributed by atoms with Crippen molar-refractivity contribution < 1.29 is 24.3 Å². The molecule has 1 fully saturated rings. The summed E-state index contributed by atoms with van der Waals surface area (Å²) >= 11 is 3.88. The molecule has 2 aromatic heterocycles. The van der Waals surface area contributed by atoms with Crippen molar-refractivity contribution in [1.29, 1.82) is 0 Å². The van der Waals surface area contributed by atoms with Gasteiger partial charge >= 0.3 is 5.97 Å². The van der Waals surface area contributed by atoms with Gasteiger partial charge in [-0.05, 0) is 12.8 Å². The molecule has 174 valence electrons. The monoisotopic (exact) mass is 510 g/mol. The van der Waals surface area contributed by atoms with Gasteiger partial charge in [-0.2, -0.15) is 10.3 Å². The minimum absolute atomic E-state index is 0.0504. The highest BCUT2D eigenvalue weighted by Gasteiger charge is 2.53. The highest BCUT2D eigenvalue weighted by molar-refractivity contribution is 8.17. The molecule has 0 aliphatic carbocycles. The predicted molar refractivity (Wildman–Crippen MR) is 121 cm³/mol. The summed E-state index contributed by atoms with van der Waals surface area (Å²) in [6, 6.07) is -1.34. The number of nitrogens with two attached hydrogens (primary N) is 1. The number of nitrogen functional groups attached to an aromatic ring is 1. The smallest absolute Gasteiger partial charge is 0.353 e. The first-order chi connectivity index (χ1) is 15.9. The number of thiazole rings is 1. The molecular formula is C17H18N8O5S3. The summed E-state index contributed by atoms with van der Waals surface area (Å²) in [4.78, 5) is 48.2. The number of rotatable bonds is 9. The van der Waals surface area contributed by atoms with E-state index in [4.69, 9.17) is 10.6 Å². The fourth-order valence-electron chi connectivity index (χ4n) is 3.49. The standard InChI is InChI=1S/C17H18N8O5S3/c1-30-23-11(7-5-31-17(18)20-7)14(26)21-12-8-2-3-9(13(16(28)29)25(8)15(12)27)32-6-33-10-4-19-24-22-10/h4-5,8,12H,2-3,6H2,1H3,(H2,18,20)(H,21,26)(H,28,29)(H,19,22,24)/t8-,12+/m1/s1. The number of aromatic amines is 1. The van der Waals surface area contributed by atoms with Crippen LogP contribution in [0.3, 0.4) is 0 Å². The predicted octanol–water partition coefficient (Wildman–Crippen LogP) is 0.463. The molecule has 0 unspecified atom stereocenters. The van der Waals surface area contributed by atoms with Crippen LogP contribution in [0.2, 0.25) is 0 Å². The average Bonchev–Trinajstić information content (AvgIpc) is 3.46. The Labute approximate surface area is 199 Å². The van der Waals surface area contributed by atoms with Crippen LogP contribution >= 0.6 is 34.9 Å². The molecule has 0 bridgehead atoms. The molecule has 4 heterocycles. The Kier molecular flexibility index (Phi) is 6.85. The lowest BCUT2D eigenvalue weighted by Crippen LogP contribution is -2.72. The van der Waals surface area contributed by atoms with E-state index in [-0.39, 0.29) is 22.2 Å². The van der Waals surface area contributed by atoms with Gasteiger partial charge in [0.2, 0.25) is 0 Å². The molecule has 5 N–H and O–H groups in total. The zero-order valence-electron chi connectivity index (χ0n) is 17.0. The van der Waals surface area contributed by atoms with Crippen molar-refractivity contribution in [2.45, 2.75) is 30.0 Å². The number of carbonyl (C=O) groups excluding carboxylic acids is 2. The number of fused-ring (bicyclic) bond motifs is 1. The van der Waals surface area contributed by atoms with Gasteiger partial charge in [-0.1, -0.05) is 16.9 Å². The largest absolute Gasteiger partial charge is 0.477 e. The normalized spacial score (nSPS) is 20.3. The van der Waals surface area contributed by atoms with Crippen molar-refractivity contribution in [2.24, 2.45) is 5.16 Å². The number of oxime groups is 1. The van der Waals surface area contributed by atoms with Crippen LogP contribution in [0.4, 0.5) is 5.13 Å². The molecule has 13 nitrogen and oxygen atoms in total. The zero-order valence-corrected chi connectivity index (χ0v) is 19.5. The Morgan fingerprint density at radius 2 is 2.30 bits per heavy atom. The number of aliphatic carboxylic acids is 1. The number of H-pyrrole nitrogens is 1. The fourth-order valence-corrected chi connectivity index (χ4v) is 6.15. The summed E-state index contributed by atoms with van der Waals surface area (Å²) in [6.45, 7) is 0. The molecule has 16 heteroatoms. The van der Waals surface area contributed by atoms with Crippen LogP contribution in [0.25, 0.3) is 0 Å². The fraction of sp³-hybridized carbons (Fsp3) is 0.353. The van der Waals surface area contributed by atoms with Crippen LogP contribution in [0, 0.1) is 0 Å². The third-order valence-electron chi connectivity index (χ3n) is 4.88. The Bertz CT molecular complexity index is 1130. The van der Waals surface area contributed by atoms with E-state index in [1.807, 2.05) is 0 Å². The number of thioether (sulfide) groups is 2. The highest BCUT2D eigenvalue weighted by Crippen LogP contribution is 2.42. The third-order valence-corrected chi connectivity index (χ3v) is 7.73. The van der Waals surface area contributed by atoms with E-state index < -0.39 is 29.9 Å². The number of anilines is 1. The number of nitrogens with one attached hydrogen (secondary N) is 2. The number of carbonyl (C=O) groups is 3. The van der Waals surface area contributed by atoms with Crippen LogP contribution in [0.15, 0.2) is 32.4 Å². The molecular weight excluding hydrogens is 492 g/mol. The second-order valence-corrected chi connectivity index (χ2v) is 10.1. The molecule has 0 aromatic carbocycles. The molecule has 0 radical (unpaired) electrons. The minimum atomic E-state index is -1.19. The van der Waals surface area contributed by atoms with Gasteiger partial charge in [0.1, 0.15) is 29.6 Å². The highest BCUT2D eigenvalue weighted by atomic mass is 32.2. The van der Waals surface area contributed by atoms with Crippen molar-refractivity contribution in [2.75, 3.05) is 17.9 Å². The SMILES string of the molecule is CON=C(C(=O)N[C@@H]1C(=O)N2C(C(=O)O)=C(SCSc3cn[nH]n3)CC[C@H]12)c1csc(N)n1. The van der Waals surface area contributed by atoms with Gasteiger partial charge in [0.05, 0.1) is 17.3 Å². The molecule has 2 aliphatic heterocycles. The maximum atomic E-state index is 12.8. The maximum Gasteiger partial charge on any atom is 0.353 e. The minimum Gasteiger partial charge on any atom is -0.477 e. The van der Waals surface area contributed by atoms with Crippen molar-refractivity contribution in [3.05, 3.63) is 27.9 Å². The molecule has 2 atom stereocenters. The maximum absolute atomic E-state index is 12.8. The van der Waals surface area contributed by atoms with Gasteiger partial charge in [-0.15, -0.1) is 28.2 Å². The molecule has 4 rings (SSSR count). The molecule has 2 aliphatic rings. The number of β-lactam (4-membered cyclic amide) rings is 1. The van der Waals surface area contributed by atoms with E-state index in [2.05, 4.69) is 30.9 Å². The summed E-state index contributed by atoms with van der Waals surface area (Å²) in [7, 11) is 1.28. The van der Waals surface area contributed by atoms with Crippen LogP contribution in [-0.4, -0.2) is 78.2 Å². The Morgan fingerprint density at radius 1 is 1.48 bits per heavy atom. The van der Waals surface area contributed by atoms with E-state index >= 15 is 0 Å². The van der Waals surface area contributed by atoms with Crippen LogP contribution in [0.1, 0.15) is 18.5 Å². The second kappa shape index (κ2) is 9.80. The van der Waals surface area contributed by atoms with Crippen molar-refractivity contribution in [1.82, 2.24) is 30.6 Å². The molecule has 2 amide bonds. The number of carboxylic acids is 1. The van der Waals surface area contributed by atoms with E-state index in [9.17, 15) is 19.5 Å². The Morgan fingerprint density at radius 3 is 2.94 bits per heavy atom. The Balaban J connectivity index is 1.45. The van der Waals surface area contributed by atoms with Crippen molar-refractivity contribution >= 4 is 63.5 Å². The van der Waals surface area contributed by atoms with Crippen molar-refractivity contribution in [3.8, 4) is 0 Å². The molecule has 1 saturated heterocycles. The number of hydrogen-bond acceptors (Lipinski definition) is 12.